The van der Waals surface area contributed by atoms with Crippen LogP contribution in [0, 0.1) is 17.1 Å². The van der Waals surface area contributed by atoms with Gasteiger partial charge in [-0.1, -0.05) is 84.1 Å². The van der Waals surface area contributed by atoms with Crippen molar-refractivity contribution in [2.24, 2.45) is 0 Å². The molecule has 1 aromatic heterocycles. The topological polar surface area (TPSA) is 168 Å². The second-order valence-electron chi connectivity index (χ2n) is 13.8. The second kappa shape index (κ2) is 15.7. The number of anilines is 2. The van der Waals surface area contributed by atoms with Gasteiger partial charge in [-0.15, -0.1) is 0 Å². The lowest BCUT2D eigenvalue weighted by atomic mass is 9.99. The van der Waals surface area contributed by atoms with Crippen LogP contribution in [0.5, 0.6) is 0 Å². The first kappa shape index (κ1) is 37.1. The van der Waals surface area contributed by atoms with E-state index in [9.17, 15) is 28.8 Å². The summed E-state index contributed by atoms with van der Waals surface area (Å²) in [6.45, 7) is -0.344. The Balaban J connectivity index is 1.06. The fraction of sp³-hybridized carbons (Fsp3) is 0.190. The van der Waals surface area contributed by atoms with E-state index in [4.69, 9.17) is 5.73 Å². The number of thiazole rings is 1. The summed E-state index contributed by atoms with van der Waals surface area (Å²) in [6.07, 6.45) is -0.643. The number of benzene rings is 5. The second-order valence-corrected chi connectivity index (χ2v) is 14.9. The maximum absolute atomic E-state index is 14.5. The minimum Gasteiger partial charge on any atom is -0.375 e. The van der Waals surface area contributed by atoms with Crippen LogP contribution >= 0.6 is 11.3 Å². The zero-order valence-corrected chi connectivity index (χ0v) is 31.3. The van der Waals surface area contributed by atoms with Gasteiger partial charge in [0.2, 0.25) is 11.8 Å². The molecule has 2 aliphatic rings. The quantitative estimate of drug-likeness (QED) is 0.153. The van der Waals surface area contributed by atoms with Gasteiger partial charge in [-0.2, -0.15) is 10.3 Å². The van der Waals surface area contributed by atoms with Crippen molar-refractivity contribution in [1.29, 1.82) is 5.26 Å². The molecule has 5 aromatic carbocycles. The van der Waals surface area contributed by atoms with E-state index in [2.05, 4.69) is 15.6 Å². The van der Waals surface area contributed by atoms with Gasteiger partial charge in [-0.05, 0) is 63.9 Å². The number of nitriles is 1. The van der Waals surface area contributed by atoms with Gasteiger partial charge in [0.25, 0.3) is 5.91 Å². The van der Waals surface area contributed by atoms with E-state index in [-0.39, 0.29) is 56.9 Å². The number of hydrazine groups is 1. The van der Waals surface area contributed by atoms with Gasteiger partial charge >= 0.3 is 6.03 Å². The van der Waals surface area contributed by atoms with Crippen LogP contribution in [0.15, 0.2) is 109 Å². The molecule has 6 aromatic rings. The summed E-state index contributed by atoms with van der Waals surface area (Å²) in [5.41, 5.74) is 9.98. The van der Waals surface area contributed by atoms with Crippen LogP contribution < -0.4 is 16.4 Å². The summed E-state index contributed by atoms with van der Waals surface area (Å²) >= 11 is 1.34. The lowest BCUT2D eigenvalue weighted by Crippen LogP contribution is -2.66. The molecule has 0 unspecified atom stereocenters. The Hall–Kier alpha value is -6.89. The number of hydrogen-bond donors (Lipinski definition) is 3. The summed E-state index contributed by atoms with van der Waals surface area (Å²) in [6, 6.07) is 32.1. The van der Waals surface area contributed by atoms with Crippen LogP contribution in [-0.2, 0) is 29.1 Å². The Morgan fingerprint density at radius 1 is 0.947 bits per heavy atom. The van der Waals surface area contributed by atoms with Gasteiger partial charge in [0.05, 0.1) is 29.4 Å². The number of rotatable bonds is 10. The number of carbonyl (C=O) groups is 4. The molecule has 15 heteroatoms. The van der Waals surface area contributed by atoms with Gasteiger partial charge in [0.1, 0.15) is 24.6 Å². The molecular weight excluding hydrogens is 746 g/mol. The van der Waals surface area contributed by atoms with Crippen LogP contribution in [0.25, 0.3) is 21.0 Å². The van der Waals surface area contributed by atoms with E-state index in [1.165, 1.54) is 38.4 Å². The number of nitrogens with zero attached hydrogens (tertiary/aromatic N) is 6. The lowest BCUT2D eigenvalue weighted by molar-refractivity contribution is -0.157. The summed E-state index contributed by atoms with van der Waals surface area (Å²) in [4.78, 5) is 63.1. The zero-order valence-electron chi connectivity index (χ0n) is 30.5. The molecule has 2 atom stereocenters. The number of nitrogens with one attached hydrogen (secondary N) is 2. The van der Waals surface area contributed by atoms with Crippen LogP contribution in [0.2, 0.25) is 0 Å². The number of para-hydroxylation sites is 1. The standard InChI is InChI=1S/C42H36FN9O4S/c43-30-15-11-27(12-16-30)22-46-42(56)50(20-19-44)51-25-37(53)52-34(40(55)49(24-36(51)52)23-29-7-4-10-35-38(29)48-41(45)57-35)21-26-13-17-31(18-14-26)47-39(54)33-9-3-6-28-5-1-2-8-32(28)33/h1-18,34,36H,20-25H2,(H2,45,48)(H,46,56)(H,47,54)/t34-,36+/m0/s1. The molecule has 2 aliphatic heterocycles. The average molecular weight is 782 g/mol. The summed E-state index contributed by atoms with van der Waals surface area (Å²) in [5.74, 6) is -1.33. The van der Waals surface area contributed by atoms with Crippen LogP contribution in [-0.4, -0.2) is 80.4 Å². The van der Waals surface area contributed by atoms with Crippen LogP contribution in [0.1, 0.15) is 27.0 Å². The normalized spacial score (nSPS) is 16.8. The highest BCUT2D eigenvalue weighted by Crippen LogP contribution is 2.33. The number of amides is 5. The van der Waals surface area contributed by atoms with Crippen molar-refractivity contribution in [2.45, 2.75) is 31.7 Å². The summed E-state index contributed by atoms with van der Waals surface area (Å²) in [7, 11) is 0. The molecule has 2 fully saturated rings. The van der Waals surface area contributed by atoms with Gasteiger partial charge < -0.3 is 26.2 Å². The first-order chi connectivity index (χ1) is 27.7. The number of carbonyl (C=O) groups excluding carboxylic acids is 4. The third kappa shape index (κ3) is 7.56. The molecule has 13 nitrogen and oxygen atoms in total. The monoisotopic (exact) mass is 781 g/mol. The number of nitrogen functional groups attached to an aromatic ring is 1. The highest BCUT2D eigenvalue weighted by Gasteiger charge is 2.52. The zero-order chi connectivity index (χ0) is 39.6. The number of hydrogen-bond acceptors (Lipinski definition) is 9. The number of halogens is 1. The largest absolute Gasteiger partial charge is 0.375 e. The highest BCUT2D eigenvalue weighted by atomic mass is 32.1. The third-order valence-electron chi connectivity index (χ3n) is 10.2. The van der Waals surface area contributed by atoms with Gasteiger partial charge in [-0.25, -0.2) is 19.2 Å². The van der Waals surface area contributed by atoms with E-state index in [1.54, 1.807) is 35.2 Å². The van der Waals surface area contributed by atoms with Gasteiger partial charge in [-0.3, -0.25) is 14.4 Å². The molecule has 0 saturated carbocycles. The Kier molecular flexibility index (Phi) is 10.2. The molecule has 2 saturated heterocycles. The van der Waals surface area contributed by atoms with Gasteiger partial charge in [0.15, 0.2) is 5.13 Å². The minimum atomic E-state index is -0.955. The van der Waals surface area contributed by atoms with E-state index >= 15 is 0 Å². The maximum atomic E-state index is 14.5. The van der Waals surface area contributed by atoms with Crippen molar-refractivity contribution >= 4 is 66.9 Å². The third-order valence-corrected chi connectivity index (χ3v) is 11.1. The Morgan fingerprint density at radius 2 is 1.68 bits per heavy atom. The molecule has 0 bridgehead atoms. The number of urea groups is 1. The molecule has 0 spiro atoms. The first-order valence-electron chi connectivity index (χ1n) is 18.2. The van der Waals surface area contributed by atoms with Gasteiger partial charge in [0, 0.05) is 30.8 Å². The molecule has 3 heterocycles. The molecule has 286 valence electrons. The first-order valence-corrected chi connectivity index (χ1v) is 19.0. The molecule has 0 aliphatic carbocycles. The van der Waals surface area contributed by atoms with E-state index in [0.717, 1.165) is 26.6 Å². The van der Waals surface area contributed by atoms with Crippen LogP contribution in [0.3, 0.4) is 0 Å². The predicted octanol–water partition coefficient (Wildman–Crippen LogP) is 5.50. The lowest BCUT2D eigenvalue weighted by Gasteiger charge is -2.46. The number of aromatic nitrogens is 1. The summed E-state index contributed by atoms with van der Waals surface area (Å²) < 4.78 is 14.4. The maximum Gasteiger partial charge on any atom is 0.333 e. The van der Waals surface area contributed by atoms with Crippen molar-refractivity contribution in [3.05, 3.63) is 137 Å². The minimum absolute atomic E-state index is 0.0450. The van der Waals surface area contributed by atoms with Crippen molar-refractivity contribution in [1.82, 2.24) is 30.1 Å². The molecule has 5 amide bonds. The SMILES string of the molecule is N#CCN(C(=O)NCc1ccc(F)cc1)N1CC(=O)N2[C@@H](Cc3ccc(NC(=O)c4cccc5ccccc45)cc3)C(=O)N(Cc3cccc4sc(N)nc34)C[C@@H]21. The Morgan fingerprint density at radius 3 is 2.47 bits per heavy atom. The predicted molar refractivity (Wildman–Crippen MR) is 214 cm³/mol. The highest BCUT2D eigenvalue weighted by molar-refractivity contribution is 7.22. The Labute approximate surface area is 330 Å². The number of fused-ring (bicyclic) bond motifs is 3. The molecule has 57 heavy (non-hydrogen) atoms. The molecule has 4 N–H and O–H groups in total. The van der Waals surface area contributed by atoms with E-state index in [1.807, 2.05) is 72.8 Å². The molecule has 8 rings (SSSR count). The average Bonchev–Trinajstić information content (AvgIpc) is 3.77. The smallest absolute Gasteiger partial charge is 0.333 e. The number of piperazine rings is 1. The molecular formula is C42H36FN9O4S. The van der Waals surface area contributed by atoms with E-state index < -0.39 is 24.1 Å². The van der Waals surface area contributed by atoms with Crippen LogP contribution in [0.4, 0.5) is 20.0 Å². The van der Waals surface area contributed by atoms with Crippen molar-refractivity contribution in [3.63, 3.8) is 0 Å². The number of nitrogens with two attached hydrogens (primary N) is 1. The summed E-state index contributed by atoms with van der Waals surface area (Å²) in [5, 5.41) is 20.4. The Bertz CT molecular complexity index is 2550. The fourth-order valence-electron chi connectivity index (χ4n) is 7.53. The van der Waals surface area contributed by atoms with Crippen molar-refractivity contribution in [3.8, 4) is 6.07 Å². The van der Waals surface area contributed by atoms with Crippen molar-refractivity contribution < 1.29 is 23.6 Å². The molecule has 0 radical (unpaired) electrons. The van der Waals surface area contributed by atoms with E-state index in [0.29, 0.717) is 27.5 Å². The fourth-order valence-corrected chi connectivity index (χ4v) is 8.32. The van der Waals surface area contributed by atoms with Crippen molar-refractivity contribution in [2.75, 3.05) is 30.7 Å².